The predicted octanol–water partition coefficient (Wildman–Crippen LogP) is 3.96. The summed E-state index contributed by atoms with van der Waals surface area (Å²) in [5.41, 5.74) is 2.59. The minimum Gasteiger partial charge on any atom is -0.349 e. The molecule has 1 N–H and O–H groups in total. The van der Waals surface area contributed by atoms with E-state index in [2.05, 4.69) is 20.1 Å². The van der Waals surface area contributed by atoms with E-state index in [1.54, 1.807) is 59.6 Å². The van der Waals surface area contributed by atoms with Crippen LogP contribution in [0.15, 0.2) is 43.0 Å². The summed E-state index contributed by atoms with van der Waals surface area (Å²) in [6.45, 7) is 9.92. The molecule has 4 heterocycles. The lowest BCUT2D eigenvalue weighted by Crippen LogP contribution is -2.65. The number of benzene rings is 1. The number of imidazole rings is 2. The van der Waals surface area contributed by atoms with E-state index < -0.39 is 5.54 Å². The lowest BCUT2D eigenvalue weighted by Gasteiger charge is -2.44. The molecule has 3 aromatic heterocycles. The van der Waals surface area contributed by atoms with Crippen molar-refractivity contribution >= 4 is 23.3 Å². The van der Waals surface area contributed by atoms with Gasteiger partial charge in [0.15, 0.2) is 11.5 Å². The fraction of sp³-hybridized carbons (Fsp3) is 0.346. The second-order valence-corrected chi connectivity index (χ2v) is 9.90. The summed E-state index contributed by atoms with van der Waals surface area (Å²) < 4.78 is 15.4. The highest BCUT2D eigenvalue weighted by molar-refractivity contribution is 6.05. The molecule has 1 aliphatic heterocycles. The van der Waals surface area contributed by atoms with E-state index in [1.165, 1.54) is 12.4 Å². The number of anilines is 1. The van der Waals surface area contributed by atoms with Crippen molar-refractivity contribution in [3.8, 4) is 11.3 Å². The molecule has 0 aliphatic carbocycles. The number of rotatable bonds is 4. The van der Waals surface area contributed by atoms with Crippen LogP contribution in [-0.2, 0) is 4.79 Å². The number of halogens is 1. The monoisotopic (exact) mass is 489 g/mol. The molecule has 1 aromatic carbocycles. The van der Waals surface area contributed by atoms with Gasteiger partial charge in [0.05, 0.1) is 18.2 Å². The Balaban J connectivity index is 1.52. The van der Waals surface area contributed by atoms with Gasteiger partial charge in [-0.05, 0) is 56.5 Å². The van der Waals surface area contributed by atoms with Crippen molar-refractivity contribution in [3.63, 3.8) is 0 Å². The second-order valence-electron chi connectivity index (χ2n) is 9.90. The van der Waals surface area contributed by atoms with E-state index in [1.807, 2.05) is 19.9 Å². The molecule has 0 bridgehead atoms. The number of H-pyrrole nitrogens is 1. The zero-order chi connectivity index (χ0) is 25.8. The molecule has 0 atom stereocenters. The normalized spacial score (nSPS) is 15.8. The molecule has 10 heteroatoms. The van der Waals surface area contributed by atoms with Crippen LogP contribution >= 0.6 is 0 Å². The molecule has 1 saturated heterocycles. The first kappa shape index (κ1) is 23.7. The van der Waals surface area contributed by atoms with Gasteiger partial charge >= 0.3 is 0 Å². The van der Waals surface area contributed by atoms with Gasteiger partial charge in [-0.25, -0.2) is 18.9 Å². The highest BCUT2D eigenvalue weighted by Gasteiger charge is 2.45. The Kier molecular flexibility index (Phi) is 5.61. The molecule has 9 nitrogen and oxygen atoms in total. The third-order valence-electron chi connectivity index (χ3n) is 6.74. The third kappa shape index (κ3) is 3.82. The summed E-state index contributed by atoms with van der Waals surface area (Å²) in [7, 11) is 0. The van der Waals surface area contributed by atoms with E-state index in [0.717, 1.165) is 11.1 Å². The SMILES string of the molecule is Cc1cc(-c2cc(C(C)C)c3nc(C(=O)N4CCN(c5c[nH]cn5)C(=O)C4(C)C)cn3n2)ccc1F. The van der Waals surface area contributed by atoms with E-state index in [-0.39, 0.29) is 29.2 Å². The van der Waals surface area contributed by atoms with Crippen LogP contribution in [0.25, 0.3) is 16.9 Å². The van der Waals surface area contributed by atoms with Gasteiger partial charge in [0.25, 0.3) is 11.8 Å². The van der Waals surface area contributed by atoms with Crippen LogP contribution in [-0.4, -0.2) is 59.9 Å². The standard InChI is InChI=1S/C26H28FN7O2/c1-15(2)18-11-20(17-6-7-19(27)16(3)10-17)31-34-13-21(30-23(18)34)24(35)33-9-8-32(22-12-28-14-29-22)25(36)26(33,4)5/h6-7,10-15H,8-9H2,1-5H3,(H,28,29). The van der Waals surface area contributed by atoms with Crippen LogP contribution < -0.4 is 4.90 Å². The van der Waals surface area contributed by atoms with Crippen LogP contribution in [0.3, 0.4) is 0 Å². The quantitative estimate of drug-likeness (QED) is 0.468. The number of fused-ring (bicyclic) bond motifs is 1. The molecule has 4 aromatic rings. The van der Waals surface area contributed by atoms with Crippen LogP contribution in [0, 0.1) is 12.7 Å². The maximum atomic E-state index is 13.8. The average molecular weight is 490 g/mol. The largest absolute Gasteiger partial charge is 0.349 e. The fourth-order valence-corrected chi connectivity index (χ4v) is 4.61. The molecule has 2 amide bonds. The minimum absolute atomic E-state index is 0.108. The number of carbonyl (C=O) groups is 2. The smallest absolute Gasteiger partial charge is 0.275 e. The number of piperazine rings is 1. The predicted molar refractivity (Wildman–Crippen MR) is 133 cm³/mol. The average Bonchev–Trinajstić information content (AvgIpc) is 3.51. The first-order valence-corrected chi connectivity index (χ1v) is 11.9. The Hall–Kier alpha value is -4.08. The molecule has 1 fully saturated rings. The molecule has 36 heavy (non-hydrogen) atoms. The van der Waals surface area contributed by atoms with Crippen molar-refractivity contribution in [1.82, 2.24) is 29.5 Å². The molecular weight excluding hydrogens is 461 g/mol. The van der Waals surface area contributed by atoms with Crippen molar-refractivity contribution in [2.75, 3.05) is 18.0 Å². The summed E-state index contributed by atoms with van der Waals surface area (Å²) >= 11 is 0. The van der Waals surface area contributed by atoms with Crippen molar-refractivity contribution in [2.45, 2.75) is 46.1 Å². The van der Waals surface area contributed by atoms with Crippen molar-refractivity contribution in [2.24, 2.45) is 0 Å². The van der Waals surface area contributed by atoms with Crippen LogP contribution in [0.4, 0.5) is 10.2 Å². The topological polar surface area (TPSA) is 99.5 Å². The van der Waals surface area contributed by atoms with E-state index in [9.17, 15) is 14.0 Å². The number of nitrogens with one attached hydrogen (secondary N) is 1. The zero-order valence-corrected chi connectivity index (χ0v) is 20.9. The second kappa shape index (κ2) is 8.54. The summed E-state index contributed by atoms with van der Waals surface area (Å²) in [5, 5.41) is 4.68. The van der Waals surface area contributed by atoms with E-state index >= 15 is 0 Å². The minimum atomic E-state index is -1.09. The number of amides is 2. The number of carbonyl (C=O) groups excluding carboxylic acids is 2. The van der Waals surface area contributed by atoms with E-state index in [4.69, 9.17) is 0 Å². The maximum absolute atomic E-state index is 13.8. The number of aryl methyl sites for hydroxylation is 1. The van der Waals surface area contributed by atoms with Crippen LogP contribution in [0.1, 0.15) is 55.2 Å². The van der Waals surface area contributed by atoms with Gasteiger partial charge < -0.3 is 9.88 Å². The fourth-order valence-electron chi connectivity index (χ4n) is 4.61. The highest BCUT2D eigenvalue weighted by atomic mass is 19.1. The Morgan fingerprint density at radius 1 is 1.19 bits per heavy atom. The first-order chi connectivity index (χ1) is 17.1. The van der Waals surface area contributed by atoms with Crippen molar-refractivity contribution < 1.29 is 14.0 Å². The number of hydrogen-bond acceptors (Lipinski definition) is 5. The lowest BCUT2D eigenvalue weighted by molar-refractivity contribution is -0.129. The third-order valence-corrected chi connectivity index (χ3v) is 6.74. The number of nitrogens with zero attached hydrogens (tertiary/aromatic N) is 6. The van der Waals surface area contributed by atoms with Gasteiger partial charge in [-0.2, -0.15) is 5.10 Å². The van der Waals surface area contributed by atoms with Gasteiger partial charge in [-0.1, -0.05) is 13.8 Å². The molecule has 0 radical (unpaired) electrons. The van der Waals surface area contributed by atoms with Gasteiger partial charge in [0.1, 0.15) is 17.1 Å². The van der Waals surface area contributed by atoms with Gasteiger partial charge in [-0.15, -0.1) is 0 Å². The van der Waals surface area contributed by atoms with E-state index in [0.29, 0.717) is 35.8 Å². The molecular formula is C26H28FN7O2. The summed E-state index contributed by atoms with van der Waals surface area (Å²) in [6.07, 6.45) is 4.78. The first-order valence-electron chi connectivity index (χ1n) is 11.9. The number of aromatic nitrogens is 5. The maximum Gasteiger partial charge on any atom is 0.275 e. The Bertz CT molecular complexity index is 1470. The van der Waals surface area contributed by atoms with Gasteiger partial charge in [-0.3, -0.25) is 14.5 Å². The molecule has 0 saturated carbocycles. The Morgan fingerprint density at radius 2 is 1.97 bits per heavy atom. The highest BCUT2D eigenvalue weighted by Crippen LogP contribution is 2.30. The summed E-state index contributed by atoms with van der Waals surface area (Å²) in [6, 6.07) is 6.81. The number of aromatic amines is 1. The molecule has 1 aliphatic rings. The lowest BCUT2D eigenvalue weighted by atomic mass is 9.97. The van der Waals surface area contributed by atoms with Crippen molar-refractivity contribution in [1.29, 1.82) is 0 Å². The van der Waals surface area contributed by atoms with Crippen molar-refractivity contribution in [3.05, 3.63) is 65.6 Å². The molecule has 0 spiro atoms. The van der Waals surface area contributed by atoms with Crippen LogP contribution in [0.2, 0.25) is 0 Å². The van der Waals surface area contributed by atoms with Gasteiger partial charge in [0.2, 0.25) is 0 Å². The van der Waals surface area contributed by atoms with Gasteiger partial charge in [0, 0.05) is 30.4 Å². The molecule has 186 valence electrons. The summed E-state index contributed by atoms with van der Waals surface area (Å²) in [5.74, 6) is -0.190. The molecule has 0 unspecified atom stereocenters. The summed E-state index contributed by atoms with van der Waals surface area (Å²) in [4.78, 5) is 41.7. The number of hydrogen-bond donors (Lipinski definition) is 1. The zero-order valence-electron chi connectivity index (χ0n) is 20.9. The molecule has 5 rings (SSSR count). The van der Waals surface area contributed by atoms with Crippen LogP contribution in [0.5, 0.6) is 0 Å². The Labute approximate surface area is 208 Å². The Morgan fingerprint density at radius 3 is 2.64 bits per heavy atom.